The van der Waals surface area contributed by atoms with Crippen molar-refractivity contribution in [1.82, 2.24) is 0 Å². The molecular weight excluding hydrogens is 272 g/mol. The summed E-state index contributed by atoms with van der Waals surface area (Å²) in [6.45, 7) is 5.63. The van der Waals surface area contributed by atoms with Gasteiger partial charge >= 0.3 is 11.9 Å². The predicted octanol–water partition coefficient (Wildman–Crippen LogP) is 2.64. The Morgan fingerprint density at radius 1 is 1.19 bits per heavy atom. The molecule has 0 fully saturated rings. The summed E-state index contributed by atoms with van der Waals surface area (Å²) in [6.07, 6.45) is -0.196. The van der Waals surface area contributed by atoms with Crippen LogP contribution in [0.4, 0.5) is 0 Å². The van der Waals surface area contributed by atoms with Gasteiger partial charge in [0.1, 0.15) is 6.61 Å². The number of carboxylic acids is 1. The second-order valence-electron chi connectivity index (χ2n) is 5.81. The van der Waals surface area contributed by atoms with Crippen LogP contribution in [0.1, 0.15) is 32.8 Å². The molecule has 0 amide bonds. The summed E-state index contributed by atoms with van der Waals surface area (Å²) in [5, 5.41) is 9.12. The second-order valence-corrected chi connectivity index (χ2v) is 5.81. The maximum absolute atomic E-state index is 11.7. The minimum atomic E-state index is -1.06. The summed E-state index contributed by atoms with van der Waals surface area (Å²) < 4.78 is 10.5. The Morgan fingerprint density at radius 3 is 2.33 bits per heavy atom. The monoisotopic (exact) mass is 294 g/mol. The lowest BCUT2D eigenvalue weighted by Gasteiger charge is -2.22. The first kappa shape index (κ1) is 17.2. The molecule has 0 heterocycles. The molecule has 0 aliphatic rings. The van der Waals surface area contributed by atoms with E-state index in [0.29, 0.717) is 0 Å². The Hall–Kier alpha value is -1.88. The Bertz CT molecular complexity index is 461. The van der Waals surface area contributed by atoms with Gasteiger partial charge in [-0.05, 0) is 26.3 Å². The highest BCUT2D eigenvalue weighted by molar-refractivity contribution is 5.78. The van der Waals surface area contributed by atoms with Crippen molar-refractivity contribution < 1.29 is 24.2 Å². The van der Waals surface area contributed by atoms with Crippen LogP contribution in [0, 0.1) is 5.92 Å². The molecule has 0 bridgehead atoms. The molecule has 0 unspecified atom stereocenters. The zero-order chi connectivity index (χ0) is 15.9. The fourth-order valence-corrected chi connectivity index (χ4v) is 1.57. The largest absolute Gasteiger partial charge is 0.481 e. The minimum absolute atomic E-state index is 0.0146. The molecule has 1 aromatic carbocycles. The third-order valence-corrected chi connectivity index (χ3v) is 2.72. The number of rotatable bonds is 7. The third-order valence-electron chi connectivity index (χ3n) is 2.72. The second kappa shape index (κ2) is 7.78. The highest BCUT2D eigenvalue weighted by Gasteiger charge is 2.25. The number of hydrogen-bond acceptors (Lipinski definition) is 4. The molecule has 1 aromatic rings. The lowest BCUT2D eigenvalue weighted by Crippen LogP contribution is -2.29. The number of carbonyl (C=O) groups is 2. The van der Waals surface area contributed by atoms with Crippen LogP contribution in [0.3, 0.4) is 0 Å². The highest BCUT2D eigenvalue weighted by atomic mass is 16.5. The number of ether oxygens (including phenoxy) is 2. The van der Waals surface area contributed by atoms with E-state index in [1.54, 1.807) is 0 Å². The van der Waals surface area contributed by atoms with E-state index in [1.165, 1.54) is 0 Å². The van der Waals surface area contributed by atoms with Crippen LogP contribution in [0.15, 0.2) is 30.3 Å². The number of benzene rings is 1. The number of aliphatic carboxylic acids is 1. The van der Waals surface area contributed by atoms with Crippen LogP contribution >= 0.6 is 0 Å². The van der Waals surface area contributed by atoms with Crippen LogP contribution in [0.25, 0.3) is 0 Å². The Kier molecular flexibility index (Phi) is 6.37. The van der Waals surface area contributed by atoms with Crippen molar-refractivity contribution >= 4 is 11.9 Å². The molecular formula is C16H22O5. The van der Waals surface area contributed by atoms with E-state index in [1.807, 2.05) is 51.1 Å². The Labute approximate surface area is 124 Å². The Morgan fingerprint density at radius 2 is 1.81 bits per heavy atom. The first-order valence-electron chi connectivity index (χ1n) is 6.84. The first-order chi connectivity index (χ1) is 9.78. The fourth-order valence-electron chi connectivity index (χ4n) is 1.57. The Balaban J connectivity index is 2.43. The molecule has 0 spiro atoms. The minimum Gasteiger partial charge on any atom is -0.481 e. The summed E-state index contributed by atoms with van der Waals surface area (Å²) in [6, 6.07) is 9.24. The van der Waals surface area contributed by atoms with Gasteiger partial charge in [0.05, 0.1) is 24.5 Å². The molecule has 1 N–H and O–H groups in total. The zero-order valence-corrected chi connectivity index (χ0v) is 12.7. The highest BCUT2D eigenvalue weighted by Crippen LogP contribution is 2.13. The lowest BCUT2D eigenvalue weighted by atomic mass is 10.1. The molecule has 5 nitrogen and oxygen atoms in total. The van der Waals surface area contributed by atoms with Crippen LogP contribution < -0.4 is 0 Å². The van der Waals surface area contributed by atoms with Gasteiger partial charge in [0.25, 0.3) is 0 Å². The summed E-state index contributed by atoms with van der Waals surface area (Å²) in [5.74, 6) is -2.49. The van der Waals surface area contributed by atoms with Gasteiger partial charge in [0.2, 0.25) is 0 Å². The van der Waals surface area contributed by atoms with Crippen LogP contribution in [0.2, 0.25) is 0 Å². The standard InChI is InChI=1S/C16H22O5/c1-16(2,3)21-11-13(15(18)19)9-14(17)20-10-12-7-5-4-6-8-12/h4-8,13H,9-11H2,1-3H3,(H,18,19)/t13-/m1/s1. The van der Waals surface area contributed by atoms with Crippen LogP contribution in [-0.4, -0.2) is 29.3 Å². The maximum Gasteiger partial charge on any atom is 0.309 e. The molecule has 116 valence electrons. The van der Waals surface area contributed by atoms with E-state index in [-0.39, 0.29) is 19.6 Å². The average Bonchev–Trinajstić information content (AvgIpc) is 2.41. The molecule has 0 saturated heterocycles. The van der Waals surface area contributed by atoms with Crippen molar-refractivity contribution in [2.45, 2.75) is 39.4 Å². The number of hydrogen-bond donors (Lipinski definition) is 1. The quantitative estimate of drug-likeness (QED) is 0.783. The lowest BCUT2D eigenvalue weighted by molar-refractivity contribution is -0.156. The molecule has 0 saturated carbocycles. The fraction of sp³-hybridized carbons (Fsp3) is 0.500. The van der Waals surface area contributed by atoms with Gasteiger partial charge in [-0.2, -0.15) is 0 Å². The van der Waals surface area contributed by atoms with Gasteiger partial charge < -0.3 is 14.6 Å². The normalized spacial score (nSPS) is 12.7. The molecule has 1 atom stereocenters. The third kappa shape index (κ3) is 7.46. The van der Waals surface area contributed by atoms with E-state index < -0.39 is 23.5 Å². The van der Waals surface area contributed by atoms with Gasteiger partial charge in [0.15, 0.2) is 0 Å². The predicted molar refractivity (Wildman–Crippen MR) is 77.7 cm³/mol. The van der Waals surface area contributed by atoms with E-state index in [2.05, 4.69) is 0 Å². The molecule has 0 radical (unpaired) electrons. The van der Waals surface area contributed by atoms with Gasteiger partial charge in [-0.1, -0.05) is 30.3 Å². The van der Waals surface area contributed by atoms with Crippen molar-refractivity contribution in [2.75, 3.05) is 6.61 Å². The van der Waals surface area contributed by atoms with Gasteiger partial charge in [0, 0.05) is 0 Å². The summed E-state index contributed by atoms with van der Waals surface area (Å²) in [7, 11) is 0. The van der Waals surface area contributed by atoms with Crippen LogP contribution in [-0.2, 0) is 25.7 Å². The maximum atomic E-state index is 11.7. The smallest absolute Gasteiger partial charge is 0.309 e. The van der Waals surface area contributed by atoms with Gasteiger partial charge in [-0.25, -0.2) is 0 Å². The van der Waals surface area contributed by atoms with Crippen molar-refractivity contribution in [3.63, 3.8) is 0 Å². The van der Waals surface area contributed by atoms with E-state index in [0.717, 1.165) is 5.56 Å². The average molecular weight is 294 g/mol. The van der Waals surface area contributed by atoms with Gasteiger partial charge in [-0.3, -0.25) is 9.59 Å². The SMILES string of the molecule is CC(C)(C)OC[C@@H](CC(=O)OCc1ccccc1)C(=O)O. The summed E-state index contributed by atoms with van der Waals surface area (Å²) in [4.78, 5) is 22.9. The molecule has 5 heteroatoms. The van der Waals surface area contributed by atoms with Gasteiger partial charge in [-0.15, -0.1) is 0 Å². The zero-order valence-electron chi connectivity index (χ0n) is 12.7. The van der Waals surface area contributed by atoms with E-state index >= 15 is 0 Å². The molecule has 1 rings (SSSR count). The van der Waals surface area contributed by atoms with Crippen molar-refractivity contribution in [1.29, 1.82) is 0 Å². The molecule has 0 aromatic heterocycles. The molecule has 0 aliphatic carbocycles. The van der Waals surface area contributed by atoms with Crippen LogP contribution in [0.5, 0.6) is 0 Å². The summed E-state index contributed by atoms with van der Waals surface area (Å²) >= 11 is 0. The van der Waals surface area contributed by atoms with Crippen molar-refractivity contribution in [3.05, 3.63) is 35.9 Å². The number of esters is 1. The molecule has 0 aliphatic heterocycles. The topological polar surface area (TPSA) is 72.8 Å². The molecule has 21 heavy (non-hydrogen) atoms. The summed E-state index contributed by atoms with van der Waals surface area (Å²) in [5.41, 5.74) is 0.422. The number of carboxylic acid groups (broad SMARTS) is 1. The van der Waals surface area contributed by atoms with E-state index in [9.17, 15) is 9.59 Å². The van der Waals surface area contributed by atoms with E-state index in [4.69, 9.17) is 14.6 Å². The first-order valence-corrected chi connectivity index (χ1v) is 6.84. The van der Waals surface area contributed by atoms with Crippen molar-refractivity contribution in [2.24, 2.45) is 5.92 Å². The van der Waals surface area contributed by atoms with Crippen molar-refractivity contribution in [3.8, 4) is 0 Å². The number of carbonyl (C=O) groups excluding carboxylic acids is 1.